The van der Waals surface area contributed by atoms with Crippen LogP contribution in [0.4, 0.5) is 0 Å². The van der Waals surface area contributed by atoms with Crippen LogP contribution in [0.1, 0.15) is 63.3 Å². The van der Waals surface area contributed by atoms with Crippen molar-refractivity contribution in [2.45, 2.75) is 57.4 Å². The van der Waals surface area contributed by atoms with E-state index in [1.807, 2.05) is 24.4 Å². The van der Waals surface area contributed by atoms with Crippen LogP contribution in [-0.2, 0) is 5.41 Å². The van der Waals surface area contributed by atoms with Gasteiger partial charge in [0.2, 0.25) is 0 Å². The van der Waals surface area contributed by atoms with Crippen LogP contribution in [0.5, 0.6) is 0 Å². The molecule has 2 aliphatic carbocycles. The van der Waals surface area contributed by atoms with Crippen molar-refractivity contribution < 1.29 is 0 Å². The molecule has 0 radical (unpaired) electrons. The van der Waals surface area contributed by atoms with Crippen molar-refractivity contribution in [1.82, 2.24) is 15.2 Å². The molecule has 34 heavy (non-hydrogen) atoms. The average molecular weight is 454 g/mol. The van der Waals surface area contributed by atoms with E-state index in [-0.39, 0.29) is 5.41 Å². The van der Waals surface area contributed by atoms with Gasteiger partial charge in [0.1, 0.15) is 0 Å². The molecule has 1 aromatic heterocycles. The van der Waals surface area contributed by atoms with Crippen LogP contribution >= 0.6 is 0 Å². The molecule has 5 rings (SSSR count). The summed E-state index contributed by atoms with van der Waals surface area (Å²) in [5.74, 6) is 0. The van der Waals surface area contributed by atoms with Crippen molar-refractivity contribution >= 4 is 22.7 Å². The molecule has 0 atom stereocenters. The number of hydrogen-bond donors (Lipinski definition) is 2. The molecule has 0 unspecified atom stereocenters. The van der Waals surface area contributed by atoms with Gasteiger partial charge in [-0.1, -0.05) is 33.4 Å². The molecule has 3 aliphatic rings. The summed E-state index contributed by atoms with van der Waals surface area (Å²) < 4.78 is 0. The van der Waals surface area contributed by atoms with Gasteiger partial charge in [0.15, 0.2) is 0 Å². The number of nitrogens with one attached hydrogen (secondary N) is 2. The Labute approximate surface area is 202 Å². The molecule has 1 fully saturated rings. The Hall–Kier alpha value is -3.10. The minimum absolute atomic E-state index is 0.254. The maximum absolute atomic E-state index is 9.36. The molecule has 1 aliphatic heterocycles. The lowest BCUT2D eigenvalue weighted by atomic mass is 9.70. The predicted molar refractivity (Wildman–Crippen MR) is 141 cm³/mol. The summed E-state index contributed by atoms with van der Waals surface area (Å²) in [6.07, 6.45) is 11.5. The maximum atomic E-state index is 9.36. The molecule has 2 N–H and O–H groups in total. The topological polar surface area (TPSA) is 67.2 Å². The predicted octanol–water partition coefficient (Wildman–Crippen LogP) is 5.46. The zero-order valence-corrected chi connectivity index (χ0v) is 20.7. The molecule has 5 nitrogen and oxygen atoms in total. The monoisotopic (exact) mass is 453 g/mol. The fourth-order valence-corrected chi connectivity index (χ4v) is 6.09. The first-order valence-corrected chi connectivity index (χ1v) is 12.6. The second kappa shape index (κ2) is 8.60. The van der Waals surface area contributed by atoms with Gasteiger partial charge < -0.3 is 10.3 Å². The number of nitriles is 1. The van der Waals surface area contributed by atoms with E-state index in [2.05, 4.69) is 60.9 Å². The lowest BCUT2D eigenvalue weighted by Gasteiger charge is -2.50. The summed E-state index contributed by atoms with van der Waals surface area (Å²) in [4.78, 5) is 11.2. The molecule has 0 bridgehead atoms. The Morgan fingerprint density at radius 1 is 1.24 bits per heavy atom. The van der Waals surface area contributed by atoms with Gasteiger partial charge in [-0.15, -0.1) is 0 Å². The van der Waals surface area contributed by atoms with Crippen molar-refractivity contribution in [3.8, 4) is 6.07 Å². The Morgan fingerprint density at radius 3 is 2.76 bits per heavy atom. The van der Waals surface area contributed by atoms with E-state index in [1.54, 1.807) is 0 Å². The van der Waals surface area contributed by atoms with E-state index in [9.17, 15) is 5.26 Å². The van der Waals surface area contributed by atoms with Crippen molar-refractivity contribution in [2.75, 3.05) is 26.2 Å². The lowest BCUT2D eigenvalue weighted by molar-refractivity contribution is 0.0161. The van der Waals surface area contributed by atoms with E-state index in [4.69, 9.17) is 4.99 Å². The number of benzene rings is 1. The largest absolute Gasteiger partial charge is 0.390 e. The molecular weight excluding hydrogens is 418 g/mol. The fraction of sp³-hybridized carbons (Fsp3) is 0.448. The number of fused-ring (bicyclic) bond motifs is 3. The van der Waals surface area contributed by atoms with Crippen LogP contribution in [0.2, 0.25) is 0 Å². The van der Waals surface area contributed by atoms with Gasteiger partial charge in [-0.25, -0.2) is 0 Å². The molecule has 0 saturated heterocycles. The van der Waals surface area contributed by atoms with Gasteiger partial charge in [-0.2, -0.15) is 5.26 Å². The molecule has 1 aromatic carbocycles. The summed E-state index contributed by atoms with van der Waals surface area (Å²) in [5.41, 5.74) is 7.34. The minimum atomic E-state index is -0.254. The molecule has 2 aromatic rings. The average Bonchev–Trinajstić information content (AvgIpc) is 3.18. The minimum Gasteiger partial charge on any atom is -0.390 e. The molecule has 1 saturated carbocycles. The molecule has 0 amide bonds. The van der Waals surface area contributed by atoms with Gasteiger partial charge in [0, 0.05) is 64.5 Å². The summed E-state index contributed by atoms with van der Waals surface area (Å²) in [6.45, 7) is 15.1. The third-order valence-electron chi connectivity index (χ3n) is 8.37. The number of nitrogens with zero attached hydrogens (tertiary/aromatic N) is 3. The molecular formula is C29H35N5. The number of rotatable bonds is 2. The van der Waals surface area contributed by atoms with Crippen molar-refractivity contribution in [1.29, 1.82) is 5.26 Å². The normalized spacial score (nSPS) is 24.0. The number of aromatic nitrogens is 1. The lowest BCUT2D eigenvalue weighted by Crippen LogP contribution is -2.55. The van der Waals surface area contributed by atoms with Crippen LogP contribution in [0, 0.1) is 11.3 Å². The second-order valence-corrected chi connectivity index (χ2v) is 10.4. The standard InChI is InChI=1S/C29H35N5/c1-5-29(10-6-11-29)34-15-13-31-12-9-24-23(19-32-14-16-34)20(2)26-22-8-7-21(18-30)17-25(22)33-27(26)28(24,3)4/h7-9,12,17,19,31,33H,2,5-6,10-11,13-16H2,1,3-4H3/b12-9+,32-19-. The first-order valence-electron chi connectivity index (χ1n) is 12.6. The summed E-state index contributed by atoms with van der Waals surface area (Å²) in [7, 11) is 0. The Balaban J connectivity index is 1.54. The second-order valence-electron chi connectivity index (χ2n) is 10.4. The highest BCUT2D eigenvalue weighted by Gasteiger charge is 2.40. The summed E-state index contributed by atoms with van der Waals surface area (Å²) in [6, 6.07) is 8.12. The van der Waals surface area contributed by atoms with Crippen LogP contribution in [0.3, 0.4) is 0 Å². The SMILES string of the molecule is C=C1C2=C(/C=C/NCCN(C3(CC)CCC3)CC/N=C\2)C(C)(C)c2[nH]c3cc(C#N)ccc3c21. The van der Waals surface area contributed by atoms with E-state index in [0.717, 1.165) is 59.5 Å². The maximum Gasteiger partial charge on any atom is 0.0992 e. The van der Waals surface area contributed by atoms with E-state index < -0.39 is 0 Å². The Bertz CT molecular complexity index is 1250. The number of allylic oxidation sites excluding steroid dienone is 4. The number of hydrogen-bond acceptors (Lipinski definition) is 4. The van der Waals surface area contributed by atoms with Gasteiger partial charge in [-0.3, -0.25) is 9.89 Å². The highest BCUT2D eigenvalue weighted by Crippen LogP contribution is 2.48. The van der Waals surface area contributed by atoms with E-state index in [0.29, 0.717) is 11.1 Å². The van der Waals surface area contributed by atoms with Crippen LogP contribution in [0.25, 0.3) is 16.5 Å². The molecule has 0 spiro atoms. The number of aromatic amines is 1. The zero-order chi connectivity index (χ0) is 23.9. The van der Waals surface area contributed by atoms with E-state index >= 15 is 0 Å². The molecule has 2 heterocycles. The Morgan fingerprint density at radius 2 is 2.06 bits per heavy atom. The number of aliphatic imine (C=N–C) groups is 1. The summed E-state index contributed by atoms with van der Waals surface area (Å²) >= 11 is 0. The quantitative estimate of drug-likeness (QED) is 0.634. The van der Waals surface area contributed by atoms with Gasteiger partial charge in [0.25, 0.3) is 0 Å². The van der Waals surface area contributed by atoms with Crippen LogP contribution in [0.15, 0.2) is 53.2 Å². The first-order chi connectivity index (χ1) is 16.4. The van der Waals surface area contributed by atoms with E-state index in [1.165, 1.54) is 31.3 Å². The van der Waals surface area contributed by atoms with Crippen molar-refractivity contribution in [3.05, 3.63) is 65.0 Å². The smallest absolute Gasteiger partial charge is 0.0992 e. The summed E-state index contributed by atoms with van der Waals surface area (Å²) in [5, 5.41) is 14.0. The third kappa shape index (κ3) is 3.52. The fourth-order valence-electron chi connectivity index (χ4n) is 6.09. The van der Waals surface area contributed by atoms with Crippen molar-refractivity contribution in [2.24, 2.45) is 4.99 Å². The molecule has 176 valence electrons. The van der Waals surface area contributed by atoms with Gasteiger partial charge in [-0.05, 0) is 61.2 Å². The molecule has 5 heteroatoms. The Kier molecular flexibility index (Phi) is 5.73. The van der Waals surface area contributed by atoms with Gasteiger partial charge >= 0.3 is 0 Å². The van der Waals surface area contributed by atoms with Crippen LogP contribution < -0.4 is 5.32 Å². The third-order valence-corrected chi connectivity index (χ3v) is 8.37. The number of H-pyrrole nitrogens is 1. The van der Waals surface area contributed by atoms with Crippen molar-refractivity contribution in [3.63, 3.8) is 0 Å². The highest BCUT2D eigenvalue weighted by atomic mass is 15.2. The van der Waals surface area contributed by atoms with Crippen LogP contribution in [-0.4, -0.2) is 47.8 Å². The van der Waals surface area contributed by atoms with Gasteiger partial charge in [0.05, 0.1) is 18.2 Å². The highest BCUT2D eigenvalue weighted by molar-refractivity contribution is 6.10. The first kappa shape index (κ1) is 22.7. The zero-order valence-electron chi connectivity index (χ0n) is 20.7.